The number of aryl methyl sites for hydroxylation is 1. The van der Waals surface area contributed by atoms with E-state index < -0.39 is 0 Å². The average molecular weight is 205 g/mol. The molecule has 2 heteroatoms. The minimum Gasteiger partial charge on any atom is -0.378 e. The van der Waals surface area contributed by atoms with Crippen molar-refractivity contribution in [2.24, 2.45) is 0 Å². The predicted molar refractivity (Wildman–Crippen MR) is 64.9 cm³/mol. The normalized spacial score (nSPS) is 10.2. The number of anilines is 1. The topological polar surface area (TPSA) is 20.3 Å². The van der Waals surface area contributed by atoms with Crippen LogP contribution in [-0.2, 0) is 6.42 Å². The lowest BCUT2D eigenvalue weighted by Gasteiger charge is -2.17. The molecule has 0 amide bonds. The third-order valence-corrected chi connectivity index (χ3v) is 2.71. The number of hydrogen-bond acceptors (Lipinski definition) is 2. The summed E-state index contributed by atoms with van der Waals surface area (Å²) in [5.74, 6) is 0.152. The first-order valence-electron chi connectivity index (χ1n) is 5.29. The van der Waals surface area contributed by atoms with Crippen molar-refractivity contribution >= 4 is 11.5 Å². The van der Waals surface area contributed by atoms with Crippen LogP contribution in [0.1, 0.15) is 35.3 Å². The molecule has 82 valence electrons. The zero-order valence-electron chi connectivity index (χ0n) is 10.2. The molecule has 0 bridgehead atoms. The standard InChI is InChI=1S/C13H19NO/c1-6-12-9(2)7-11(14(4)5)8-13(12)10(3)15/h7-8H,6H2,1-5H3. The quantitative estimate of drug-likeness (QED) is 0.707. The van der Waals surface area contributed by atoms with Crippen LogP contribution in [-0.4, -0.2) is 19.9 Å². The van der Waals surface area contributed by atoms with Crippen LogP contribution in [0.25, 0.3) is 0 Å². The van der Waals surface area contributed by atoms with Gasteiger partial charge in [0.25, 0.3) is 0 Å². The van der Waals surface area contributed by atoms with Gasteiger partial charge in [-0.05, 0) is 43.5 Å². The SMILES string of the molecule is CCc1c(C)cc(N(C)C)cc1C(C)=O. The number of ketones is 1. The zero-order chi connectivity index (χ0) is 11.6. The summed E-state index contributed by atoms with van der Waals surface area (Å²) in [5, 5.41) is 0. The minimum absolute atomic E-state index is 0.152. The Bertz CT molecular complexity index is 380. The molecule has 0 saturated heterocycles. The molecular weight excluding hydrogens is 186 g/mol. The summed E-state index contributed by atoms with van der Waals surface area (Å²) in [6.07, 6.45) is 0.911. The van der Waals surface area contributed by atoms with Gasteiger partial charge in [-0.15, -0.1) is 0 Å². The molecule has 0 unspecified atom stereocenters. The molecule has 1 aromatic rings. The van der Waals surface area contributed by atoms with Crippen LogP contribution in [0.15, 0.2) is 12.1 Å². The molecule has 0 aliphatic carbocycles. The molecule has 1 aromatic carbocycles. The van der Waals surface area contributed by atoms with E-state index in [0.29, 0.717) is 0 Å². The summed E-state index contributed by atoms with van der Waals surface area (Å²) in [6, 6.07) is 4.11. The summed E-state index contributed by atoms with van der Waals surface area (Å²) < 4.78 is 0. The minimum atomic E-state index is 0.152. The summed E-state index contributed by atoms with van der Waals surface area (Å²) >= 11 is 0. The third-order valence-electron chi connectivity index (χ3n) is 2.71. The van der Waals surface area contributed by atoms with Gasteiger partial charge in [0.05, 0.1) is 0 Å². The predicted octanol–water partition coefficient (Wildman–Crippen LogP) is 2.83. The van der Waals surface area contributed by atoms with Crippen LogP contribution >= 0.6 is 0 Å². The van der Waals surface area contributed by atoms with Crippen molar-refractivity contribution in [2.45, 2.75) is 27.2 Å². The lowest BCUT2D eigenvalue weighted by Crippen LogP contribution is -2.11. The average Bonchev–Trinajstić information content (AvgIpc) is 2.16. The number of nitrogens with zero attached hydrogens (tertiary/aromatic N) is 1. The van der Waals surface area contributed by atoms with Crippen LogP contribution in [0.2, 0.25) is 0 Å². The van der Waals surface area contributed by atoms with E-state index in [2.05, 4.69) is 19.9 Å². The molecule has 0 radical (unpaired) electrons. The van der Waals surface area contributed by atoms with Gasteiger partial charge < -0.3 is 4.90 Å². The van der Waals surface area contributed by atoms with Gasteiger partial charge in [-0.25, -0.2) is 0 Å². The van der Waals surface area contributed by atoms with Crippen molar-refractivity contribution in [3.8, 4) is 0 Å². The van der Waals surface area contributed by atoms with E-state index >= 15 is 0 Å². The molecule has 1 rings (SSSR count). The van der Waals surface area contributed by atoms with Crippen LogP contribution in [0.5, 0.6) is 0 Å². The van der Waals surface area contributed by atoms with Crippen molar-refractivity contribution in [2.75, 3.05) is 19.0 Å². The van der Waals surface area contributed by atoms with Gasteiger partial charge in [0.2, 0.25) is 0 Å². The van der Waals surface area contributed by atoms with Crippen molar-refractivity contribution in [1.29, 1.82) is 0 Å². The van der Waals surface area contributed by atoms with Gasteiger partial charge in [-0.1, -0.05) is 6.92 Å². The van der Waals surface area contributed by atoms with Gasteiger partial charge in [-0.2, -0.15) is 0 Å². The third kappa shape index (κ3) is 2.38. The number of rotatable bonds is 3. The molecule has 0 atom stereocenters. The summed E-state index contributed by atoms with van der Waals surface area (Å²) in [6.45, 7) is 5.79. The lowest BCUT2D eigenvalue weighted by molar-refractivity contribution is 0.101. The van der Waals surface area contributed by atoms with E-state index in [0.717, 1.165) is 17.7 Å². The molecule has 0 fully saturated rings. The highest BCUT2D eigenvalue weighted by Gasteiger charge is 2.11. The first kappa shape index (κ1) is 11.8. The highest BCUT2D eigenvalue weighted by atomic mass is 16.1. The summed E-state index contributed by atoms with van der Waals surface area (Å²) in [4.78, 5) is 13.6. The fraction of sp³-hybridized carbons (Fsp3) is 0.462. The highest BCUT2D eigenvalue weighted by Crippen LogP contribution is 2.23. The van der Waals surface area contributed by atoms with Gasteiger partial charge in [0, 0.05) is 25.3 Å². The van der Waals surface area contributed by atoms with Gasteiger partial charge in [-0.3, -0.25) is 4.79 Å². The van der Waals surface area contributed by atoms with E-state index in [1.54, 1.807) is 6.92 Å². The van der Waals surface area contributed by atoms with Crippen molar-refractivity contribution in [3.05, 3.63) is 28.8 Å². The lowest BCUT2D eigenvalue weighted by atomic mass is 9.96. The Balaban J connectivity index is 3.38. The number of benzene rings is 1. The van der Waals surface area contributed by atoms with E-state index in [1.165, 1.54) is 11.1 Å². The highest BCUT2D eigenvalue weighted by molar-refractivity contribution is 5.97. The van der Waals surface area contributed by atoms with E-state index in [4.69, 9.17) is 0 Å². The molecule has 0 spiro atoms. The fourth-order valence-corrected chi connectivity index (χ4v) is 1.84. The van der Waals surface area contributed by atoms with Crippen molar-refractivity contribution in [1.82, 2.24) is 0 Å². The van der Waals surface area contributed by atoms with E-state index in [1.807, 2.05) is 25.1 Å². The molecule has 2 nitrogen and oxygen atoms in total. The molecule has 15 heavy (non-hydrogen) atoms. The zero-order valence-corrected chi connectivity index (χ0v) is 10.2. The monoisotopic (exact) mass is 205 g/mol. The first-order chi connectivity index (χ1) is 6.97. The number of Topliss-reactive ketones (excluding diaryl/α,β-unsaturated/α-hetero) is 1. The van der Waals surface area contributed by atoms with E-state index in [9.17, 15) is 4.79 Å². The van der Waals surface area contributed by atoms with Crippen LogP contribution < -0.4 is 4.90 Å². The Hall–Kier alpha value is -1.31. The molecular formula is C13H19NO. The van der Waals surface area contributed by atoms with Crippen LogP contribution in [0.3, 0.4) is 0 Å². The molecule has 0 aliphatic rings. The number of carbonyl (C=O) groups is 1. The first-order valence-corrected chi connectivity index (χ1v) is 5.29. The maximum absolute atomic E-state index is 11.5. The Labute approximate surface area is 91.9 Å². The fourth-order valence-electron chi connectivity index (χ4n) is 1.84. The Kier molecular flexibility index (Phi) is 3.51. The molecule has 0 saturated carbocycles. The number of hydrogen-bond donors (Lipinski definition) is 0. The second kappa shape index (κ2) is 4.47. The van der Waals surface area contributed by atoms with Crippen molar-refractivity contribution in [3.63, 3.8) is 0 Å². The van der Waals surface area contributed by atoms with Gasteiger partial charge in [0.15, 0.2) is 5.78 Å². The Morgan fingerprint density at radius 1 is 1.33 bits per heavy atom. The van der Waals surface area contributed by atoms with Crippen LogP contribution in [0.4, 0.5) is 5.69 Å². The maximum Gasteiger partial charge on any atom is 0.160 e. The molecule has 0 aliphatic heterocycles. The van der Waals surface area contributed by atoms with Crippen molar-refractivity contribution < 1.29 is 4.79 Å². The van der Waals surface area contributed by atoms with Gasteiger partial charge >= 0.3 is 0 Å². The summed E-state index contributed by atoms with van der Waals surface area (Å²) in [7, 11) is 3.98. The van der Waals surface area contributed by atoms with Crippen LogP contribution in [0, 0.1) is 6.92 Å². The summed E-state index contributed by atoms with van der Waals surface area (Å²) in [5.41, 5.74) is 4.33. The second-order valence-corrected chi connectivity index (χ2v) is 4.09. The maximum atomic E-state index is 11.5. The smallest absolute Gasteiger partial charge is 0.160 e. The second-order valence-electron chi connectivity index (χ2n) is 4.09. The van der Waals surface area contributed by atoms with Gasteiger partial charge in [0.1, 0.15) is 0 Å². The Morgan fingerprint density at radius 2 is 1.93 bits per heavy atom. The Morgan fingerprint density at radius 3 is 2.33 bits per heavy atom. The number of carbonyl (C=O) groups excluding carboxylic acids is 1. The molecule has 0 N–H and O–H groups in total. The molecule has 0 aromatic heterocycles. The van der Waals surface area contributed by atoms with E-state index in [-0.39, 0.29) is 5.78 Å². The molecule has 0 heterocycles. The largest absolute Gasteiger partial charge is 0.378 e.